The molecule has 1 aromatic heterocycles. The SMILES string of the molecule is CCOc1cc(NC(=O)C(C)Cn2cc([N+](=O)[O-])cn2)ccc1OC(F)F. The highest BCUT2D eigenvalue weighted by molar-refractivity contribution is 5.92. The van der Waals surface area contributed by atoms with Crippen LogP contribution in [0.1, 0.15) is 13.8 Å². The first-order chi connectivity index (χ1) is 12.8. The van der Waals surface area contributed by atoms with E-state index in [0.29, 0.717) is 5.69 Å². The number of ether oxygens (including phenoxy) is 2. The van der Waals surface area contributed by atoms with Gasteiger partial charge in [0.15, 0.2) is 11.5 Å². The van der Waals surface area contributed by atoms with Crippen LogP contribution in [0.4, 0.5) is 20.2 Å². The first-order valence-corrected chi connectivity index (χ1v) is 7.99. The van der Waals surface area contributed by atoms with E-state index < -0.39 is 17.5 Å². The van der Waals surface area contributed by atoms with Crippen molar-refractivity contribution in [2.75, 3.05) is 11.9 Å². The number of aromatic nitrogens is 2. The van der Waals surface area contributed by atoms with E-state index in [9.17, 15) is 23.7 Å². The van der Waals surface area contributed by atoms with Gasteiger partial charge in [-0.1, -0.05) is 6.92 Å². The number of carbonyl (C=O) groups is 1. The number of hydrogen-bond acceptors (Lipinski definition) is 6. The average Bonchev–Trinajstić information content (AvgIpc) is 3.06. The maximum Gasteiger partial charge on any atom is 0.387 e. The Labute approximate surface area is 153 Å². The van der Waals surface area contributed by atoms with Crippen LogP contribution in [0.25, 0.3) is 0 Å². The van der Waals surface area contributed by atoms with Crippen LogP contribution >= 0.6 is 0 Å². The number of rotatable bonds is 9. The molecule has 1 N–H and O–H groups in total. The molecule has 0 aliphatic heterocycles. The quantitative estimate of drug-likeness (QED) is 0.526. The lowest BCUT2D eigenvalue weighted by molar-refractivity contribution is -0.385. The second-order valence-electron chi connectivity index (χ2n) is 5.54. The van der Waals surface area contributed by atoms with Crippen molar-refractivity contribution >= 4 is 17.3 Å². The molecule has 27 heavy (non-hydrogen) atoms. The number of carbonyl (C=O) groups excluding carboxylic acids is 1. The molecule has 0 bridgehead atoms. The number of halogens is 2. The predicted octanol–water partition coefficient (Wildman–Crippen LogP) is 3.07. The third kappa shape index (κ3) is 5.62. The summed E-state index contributed by atoms with van der Waals surface area (Å²) in [6.07, 6.45) is 2.33. The average molecular weight is 384 g/mol. The summed E-state index contributed by atoms with van der Waals surface area (Å²) in [6, 6.07) is 4.06. The van der Waals surface area contributed by atoms with E-state index in [1.54, 1.807) is 13.8 Å². The Balaban J connectivity index is 2.04. The van der Waals surface area contributed by atoms with E-state index in [1.165, 1.54) is 29.1 Å². The highest BCUT2D eigenvalue weighted by Gasteiger charge is 2.18. The lowest BCUT2D eigenvalue weighted by atomic mass is 10.1. The van der Waals surface area contributed by atoms with Crippen LogP contribution in [-0.4, -0.2) is 33.8 Å². The first-order valence-electron chi connectivity index (χ1n) is 7.99. The van der Waals surface area contributed by atoms with Gasteiger partial charge in [-0.2, -0.15) is 13.9 Å². The van der Waals surface area contributed by atoms with E-state index in [-0.39, 0.29) is 36.2 Å². The Morgan fingerprint density at radius 3 is 2.74 bits per heavy atom. The molecule has 1 aromatic carbocycles. The second kappa shape index (κ2) is 8.92. The van der Waals surface area contributed by atoms with Crippen molar-refractivity contribution in [3.8, 4) is 11.5 Å². The Hall–Kier alpha value is -3.24. The number of hydrogen-bond donors (Lipinski definition) is 1. The zero-order chi connectivity index (χ0) is 20.0. The van der Waals surface area contributed by atoms with Crippen LogP contribution in [0.15, 0.2) is 30.6 Å². The number of nitro groups is 1. The van der Waals surface area contributed by atoms with Gasteiger partial charge in [-0.3, -0.25) is 19.6 Å². The molecule has 1 unspecified atom stereocenters. The molecule has 1 heterocycles. The van der Waals surface area contributed by atoms with Gasteiger partial charge in [0, 0.05) is 11.8 Å². The van der Waals surface area contributed by atoms with Crippen LogP contribution in [0.5, 0.6) is 11.5 Å². The van der Waals surface area contributed by atoms with Crippen LogP contribution in [-0.2, 0) is 11.3 Å². The number of alkyl halides is 2. The van der Waals surface area contributed by atoms with Gasteiger partial charge in [0.2, 0.25) is 5.91 Å². The highest BCUT2D eigenvalue weighted by atomic mass is 19.3. The van der Waals surface area contributed by atoms with Gasteiger partial charge < -0.3 is 14.8 Å². The minimum atomic E-state index is -3.00. The van der Waals surface area contributed by atoms with Crippen molar-refractivity contribution in [1.29, 1.82) is 0 Å². The second-order valence-corrected chi connectivity index (χ2v) is 5.54. The van der Waals surface area contributed by atoms with Crippen LogP contribution in [0.2, 0.25) is 0 Å². The standard InChI is InChI=1S/C16H18F2N4O5/c1-3-26-14-6-11(4-5-13(14)27-16(17)18)20-15(23)10(2)8-21-9-12(7-19-21)22(24)25/h4-7,9-10,16H,3,8H2,1-2H3,(H,20,23). The fraction of sp³-hybridized carbons (Fsp3) is 0.375. The molecule has 2 aromatic rings. The molecule has 0 radical (unpaired) electrons. The van der Waals surface area contributed by atoms with E-state index in [1.807, 2.05) is 0 Å². The maximum absolute atomic E-state index is 12.4. The minimum Gasteiger partial charge on any atom is -0.490 e. The number of amides is 1. The number of nitrogens with zero attached hydrogens (tertiary/aromatic N) is 3. The third-order valence-electron chi connectivity index (χ3n) is 3.47. The molecule has 1 atom stereocenters. The van der Waals surface area contributed by atoms with Crippen molar-refractivity contribution in [3.05, 3.63) is 40.7 Å². The van der Waals surface area contributed by atoms with Gasteiger partial charge in [-0.05, 0) is 19.1 Å². The van der Waals surface area contributed by atoms with Gasteiger partial charge in [0.05, 0.1) is 24.0 Å². The Morgan fingerprint density at radius 2 is 2.15 bits per heavy atom. The molecule has 9 nitrogen and oxygen atoms in total. The molecular formula is C16H18F2N4O5. The number of anilines is 1. The molecule has 1 amide bonds. The predicted molar refractivity (Wildman–Crippen MR) is 90.9 cm³/mol. The molecule has 2 rings (SSSR count). The van der Waals surface area contributed by atoms with Gasteiger partial charge in [0.1, 0.15) is 12.4 Å². The van der Waals surface area contributed by atoms with Gasteiger partial charge in [-0.25, -0.2) is 0 Å². The molecule has 0 aliphatic rings. The van der Waals surface area contributed by atoms with Crippen molar-refractivity contribution in [1.82, 2.24) is 9.78 Å². The monoisotopic (exact) mass is 384 g/mol. The number of nitrogens with one attached hydrogen (secondary N) is 1. The molecule has 11 heteroatoms. The van der Waals surface area contributed by atoms with Crippen LogP contribution in [0, 0.1) is 16.0 Å². The molecule has 0 spiro atoms. The summed E-state index contributed by atoms with van der Waals surface area (Å²) < 4.78 is 35.8. The zero-order valence-electron chi connectivity index (χ0n) is 14.6. The minimum absolute atomic E-state index is 0.0750. The largest absolute Gasteiger partial charge is 0.490 e. The van der Waals surface area contributed by atoms with Crippen LogP contribution < -0.4 is 14.8 Å². The summed E-state index contributed by atoms with van der Waals surface area (Å²) in [5.41, 5.74) is 0.168. The summed E-state index contributed by atoms with van der Waals surface area (Å²) in [5, 5.41) is 17.1. The molecule has 146 valence electrons. The summed E-state index contributed by atoms with van der Waals surface area (Å²) in [4.78, 5) is 22.4. The van der Waals surface area contributed by atoms with Gasteiger partial charge in [-0.15, -0.1) is 0 Å². The molecule has 0 saturated carbocycles. The zero-order valence-corrected chi connectivity index (χ0v) is 14.6. The molecule has 0 aliphatic carbocycles. The first kappa shape index (κ1) is 20.1. The van der Waals surface area contributed by atoms with Gasteiger partial charge in [0.25, 0.3) is 0 Å². The Morgan fingerprint density at radius 1 is 1.41 bits per heavy atom. The summed E-state index contributed by atoms with van der Waals surface area (Å²) >= 11 is 0. The fourth-order valence-corrected chi connectivity index (χ4v) is 2.22. The highest BCUT2D eigenvalue weighted by Crippen LogP contribution is 2.32. The van der Waals surface area contributed by atoms with E-state index >= 15 is 0 Å². The normalized spacial score (nSPS) is 11.9. The summed E-state index contributed by atoms with van der Waals surface area (Å²) in [5.74, 6) is -0.997. The summed E-state index contributed by atoms with van der Waals surface area (Å²) in [6.45, 7) is 0.669. The lowest BCUT2D eigenvalue weighted by Crippen LogP contribution is -2.24. The van der Waals surface area contributed by atoms with E-state index in [0.717, 1.165) is 6.20 Å². The fourth-order valence-electron chi connectivity index (χ4n) is 2.22. The van der Waals surface area contributed by atoms with Crippen LogP contribution in [0.3, 0.4) is 0 Å². The maximum atomic E-state index is 12.4. The molecule has 0 fully saturated rings. The van der Waals surface area contributed by atoms with E-state index in [4.69, 9.17) is 4.74 Å². The van der Waals surface area contributed by atoms with Crippen molar-refractivity contribution in [2.24, 2.45) is 5.92 Å². The molecule has 0 saturated heterocycles. The van der Waals surface area contributed by atoms with Crippen molar-refractivity contribution in [2.45, 2.75) is 27.0 Å². The number of benzene rings is 1. The summed E-state index contributed by atoms with van der Waals surface area (Å²) in [7, 11) is 0. The van der Waals surface area contributed by atoms with Crippen molar-refractivity contribution in [3.63, 3.8) is 0 Å². The smallest absolute Gasteiger partial charge is 0.387 e. The Bertz CT molecular complexity index is 812. The Kier molecular flexibility index (Phi) is 6.63. The topological polar surface area (TPSA) is 109 Å². The molecular weight excluding hydrogens is 366 g/mol. The lowest BCUT2D eigenvalue weighted by Gasteiger charge is -2.15. The van der Waals surface area contributed by atoms with E-state index in [2.05, 4.69) is 15.2 Å². The third-order valence-corrected chi connectivity index (χ3v) is 3.47. The van der Waals surface area contributed by atoms with Gasteiger partial charge >= 0.3 is 12.3 Å². The van der Waals surface area contributed by atoms with Crippen molar-refractivity contribution < 1.29 is 28.0 Å².